The van der Waals surface area contributed by atoms with Crippen molar-refractivity contribution in [1.82, 2.24) is 0 Å². The molecule has 0 bridgehead atoms. The summed E-state index contributed by atoms with van der Waals surface area (Å²) >= 11 is 0. The SMILES string of the molecule is C[C]1[C](C)[C](C)[C](C(C)=O)[C]1C. The van der Waals surface area contributed by atoms with Gasteiger partial charge in [-0.2, -0.15) is 0 Å². The van der Waals surface area contributed by atoms with E-state index in [1.165, 1.54) is 11.8 Å². The zero-order valence-electron chi connectivity index (χ0n) is 8.41. The first-order valence-corrected chi connectivity index (χ1v) is 4.20. The number of hydrogen-bond donors (Lipinski definition) is 0. The van der Waals surface area contributed by atoms with E-state index in [9.17, 15) is 4.79 Å². The zero-order chi connectivity index (χ0) is 9.46. The molecule has 1 nitrogen and oxygen atoms in total. The third-order valence-corrected chi connectivity index (χ3v) is 2.79. The summed E-state index contributed by atoms with van der Waals surface area (Å²) in [6.07, 6.45) is 0. The van der Waals surface area contributed by atoms with Crippen molar-refractivity contribution < 1.29 is 4.79 Å². The fourth-order valence-corrected chi connectivity index (χ4v) is 1.75. The molecular weight excluding hydrogens is 148 g/mol. The van der Waals surface area contributed by atoms with E-state index < -0.39 is 0 Å². The zero-order valence-corrected chi connectivity index (χ0v) is 8.41. The van der Waals surface area contributed by atoms with Crippen molar-refractivity contribution in [1.29, 1.82) is 0 Å². The number of carbonyl (C=O) groups excluding carboxylic acids is 1. The number of rotatable bonds is 1. The molecule has 0 aromatic rings. The Kier molecular flexibility index (Phi) is 2.60. The van der Waals surface area contributed by atoms with Gasteiger partial charge in [-0.25, -0.2) is 0 Å². The highest BCUT2D eigenvalue weighted by atomic mass is 16.1. The second kappa shape index (κ2) is 3.20. The third-order valence-electron chi connectivity index (χ3n) is 2.79. The van der Waals surface area contributed by atoms with Crippen LogP contribution in [0, 0.1) is 29.6 Å². The Morgan fingerprint density at radius 1 is 0.833 bits per heavy atom. The van der Waals surface area contributed by atoms with Gasteiger partial charge in [0.25, 0.3) is 0 Å². The molecule has 1 aliphatic rings. The Morgan fingerprint density at radius 2 is 1.17 bits per heavy atom. The van der Waals surface area contributed by atoms with E-state index in [0.29, 0.717) is 0 Å². The van der Waals surface area contributed by atoms with Crippen LogP contribution < -0.4 is 0 Å². The molecule has 0 atom stereocenters. The largest absolute Gasteiger partial charge is 0.299 e. The smallest absolute Gasteiger partial charge is 0.138 e. The van der Waals surface area contributed by atoms with Gasteiger partial charge < -0.3 is 0 Å². The van der Waals surface area contributed by atoms with E-state index in [-0.39, 0.29) is 5.78 Å². The standard InChI is InChI=1S/C11H15O/c1-6-7(2)9(4)11(8(6)3)10(5)12/h1-5H3. The minimum Gasteiger partial charge on any atom is -0.299 e. The van der Waals surface area contributed by atoms with Gasteiger partial charge in [0, 0.05) is 0 Å². The predicted molar refractivity (Wildman–Crippen MR) is 49.6 cm³/mol. The van der Waals surface area contributed by atoms with Crippen LogP contribution in [0.1, 0.15) is 34.6 Å². The molecule has 0 heterocycles. The molecule has 0 N–H and O–H groups in total. The molecule has 1 saturated carbocycles. The summed E-state index contributed by atoms with van der Waals surface area (Å²) in [5, 5.41) is 0. The molecule has 0 amide bonds. The molecule has 1 heteroatoms. The first kappa shape index (κ1) is 9.76. The van der Waals surface area contributed by atoms with E-state index in [2.05, 4.69) is 13.8 Å². The fraction of sp³-hybridized carbons (Fsp3) is 0.455. The lowest BCUT2D eigenvalue weighted by molar-refractivity contribution is -0.115. The average molecular weight is 163 g/mol. The predicted octanol–water partition coefficient (Wildman–Crippen LogP) is 2.54. The molecule has 0 aromatic heterocycles. The maximum atomic E-state index is 11.3. The minimum absolute atomic E-state index is 0.182. The van der Waals surface area contributed by atoms with Gasteiger partial charge in [-0.3, -0.25) is 4.79 Å². The molecule has 1 fully saturated rings. The van der Waals surface area contributed by atoms with Crippen LogP contribution in [-0.2, 0) is 4.79 Å². The Labute approximate surface area is 75.5 Å². The van der Waals surface area contributed by atoms with Crippen LogP contribution in [0.15, 0.2) is 0 Å². The summed E-state index contributed by atoms with van der Waals surface area (Å²) in [5.41, 5.74) is 0. The van der Waals surface area contributed by atoms with E-state index in [4.69, 9.17) is 0 Å². The summed E-state index contributed by atoms with van der Waals surface area (Å²) in [4.78, 5) is 11.3. The van der Waals surface area contributed by atoms with Crippen molar-refractivity contribution in [3.63, 3.8) is 0 Å². The van der Waals surface area contributed by atoms with Crippen molar-refractivity contribution >= 4 is 5.78 Å². The van der Waals surface area contributed by atoms with Gasteiger partial charge in [-0.05, 0) is 30.6 Å². The monoisotopic (exact) mass is 163 g/mol. The van der Waals surface area contributed by atoms with E-state index in [1.54, 1.807) is 6.92 Å². The highest BCUT2D eigenvalue weighted by molar-refractivity contribution is 6.00. The molecule has 1 aliphatic carbocycles. The third kappa shape index (κ3) is 1.30. The Bertz CT molecular complexity index is 171. The quantitative estimate of drug-likeness (QED) is 0.580. The van der Waals surface area contributed by atoms with Gasteiger partial charge in [0.1, 0.15) is 5.78 Å². The van der Waals surface area contributed by atoms with Gasteiger partial charge in [0.15, 0.2) is 0 Å². The molecule has 0 spiro atoms. The first-order chi connectivity index (χ1) is 5.46. The molecule has 0 aliphatic heterocycles. The van der Waals surface area contributed by atoms with Gasteiger partial charge >= 0.3 is 0 Å². The number of Topliss-reactive ketones (excluding diaryl/α,β-unsaturated/α-hetero) is 1. The summed E-state index contributed by atoms with van der Waals surface area (Å²) in [7, 11) is 0. The maximum Gasteiger partial charge on any atom is 0.138 e. The lowest BCUT2D eigenvalue weighted by Crippen LogP contribution is -2.15. The summed E-state index contributed by atoms with van der Waals surface area (Å²) in [5.74, 6) is 5.93. The lowest BCUT2D eigenvalue weighted by atomic mass is 9.86. The van der Waals surface area contributed by atoms with Gasteiger partial charge in [-0.15, -0.1) is 0 Å². The Morgan fingerprint density at radius 3 is 1.33 bits per heavy atom. The van der Waals surface area contributed by atoms with Crippen LogP contribution in [0.25, 0.3) is 0 Å². The van der Waals surface area contributed by atoms with Crippen LogP contribution in [0.5, 0.6) is 0 Å². The fourth-order valence-electron chi connectivity index (χ4n) is 1.75. The van der Waals surface area contributed by atoms with E-state index in [1.807, 2.05) is 13.8 Å². The summed E-state index contributed by atoms with van der Waals surface area (Å²) < 4.78 is 0. The summed E-state index contributed by atoms with van der Waals surface area (Å²) in [6, 6.07) is 0. The normalized spacial score (nSPS) is 25.4. The number of hydrogen-bond acceptors (Lipinski definition) is 1. The van der Waals surface area contributed by atoms with E-state index >= 15 is 0 Å². The molecule has 5 radical (unpaired) electrons. The second-order valence-electron chi connectivity index (χ2n) is 3.43. The van der Waals surface area contributed by atoms with E-state index in [0.717, 1.165) is 17.8 Å². The molecule has 0 saturated heterocycles. The van der Waals surface area contributed by atoms with Crippen LogP contribution >= 0.6 is 0 Å². The molecule has 65 valence electrons. The lowest BCUT2D eigenvalue weighted by Gasteiger charge is -2.15. The van der Waals surface area contributed by atoms with Crippen molar-refractivity contribution in [2.45, 2.75) is 34.6 Å². The first-order valence-electron chi connectivity index (χ1n) is 4.20. The molecule has 1 rings (SSSR count). The minimum atomic E-state index is 0.182. The van der Waals surface area contributed by atoms with Crippen molar-refractivity contribution in [3.05, 3.63) is 29.6 Å². The topological polar surface area (TPSA) is 17.1 Å². The summed E-state index contributed by atoms with van der Waals surface area (Å²) in [6.45, 7) is 9.82. The molecule has 0 aromatic carbocycles. The Balaban J connectivity index is 2.83. The average Bonchev–Trinajstić information content (AvgIpc) is 2.16. The second-order valence-corrected chi connectivity index (χ2v) is 3.43. The number of carbonyl (C=O) groups is 1. The van der Waals surface area contributed by atoms with Crippen LogP contribution in [0.3, 0.4) is 0 Å². The number of ketones is 1. The Hall–Kier alpha value is -0.330. The van der Waals surface area contributed by atoms with Crippen molar-refractivity contribution in [3.8, 4) is 0 Å². The molecule has 12 heavy (non-hydrogen) atoms. The maximum absolute atomic E-state index is 11.3. The highest BCUT2D eigenvalue weighted by Gasteiger charge is 2.45. The van der Waals surface area contributed by atoms with Crippen molar-refractivity contribution in [2.75, 3.05) is 0 Å². The van der Waals surface area contributed by atoms with Crippen LogP contribution in [-0.4, -0.2) is 5.78 Å². The van der Waals surface area contributed by atoms with Crippen LogP contribution in [0.2, 0.25) is 0 Å². The van der Waals surface area contributed by atoms with Crippen molar-refractivity contribution in [2.24, 2.45) is 0 Å². The molecular formula is C11H15O. The van der Waals surface area contributed by atoms with Gasteiger partial charge in [-0.1, -0.05) is 27.7 Å². The van der Waals surface area contributed by atoms with Gasteiger partial charge in [0.2, 0.25) is 0 Å². The molecule has 0 unspecified atom stereocenters. The van der Waals surface area contributed by atoms with Crippen LogP contribution in [0.4, 0.5) is 0 Å². The van der Waals surface area contributed by atoms with Gasteiger partial charge in [0.05, 0.1) is 5.92 Å². The highest BCUT2D eigenvalue weighted by Crippen LogP contribution is 2.52.